The second-order valence-corrected chi connectivity index (χ2v) is 3.85. The number of carbonyl (C=O) groups excluding carboxylic acids is 2. The summed E-state index contributed by atoms with van der Waals surface area (Å²) in [6, 6.07) is -0.645. The van der Waals surface area contributed by atoms with Gasteiger partial charge in [0.25, 0.3) is 0 Å². The Morgan fingerprint density at radius 3 is 1.93 bits per heavy atom. The summed E-state index contributed by atoms with van der Waals surface area (Å²) in [5.74, 6) is 0.0568. The van der Waals surface area contributed by atoms with Gasteiger partial charge in [0.2, 0.25) is 5.91 Å². The van der Waals surface area contributed by atoms with Crippen LogP contribution in [0, 0.1) is 5.92 Å². The number of hydrogen-bond donors (Lipinski definition) is 2. The van der Waals surface area contributed by atoms with E-state index in [1.54, 1.807) is 14.0 Å². The predicted octanol–water partition coefficient (Wildman–Crippen LogP) is 0.324. The van der Waals surface area contributed by atoms with E-state index in [0.29, 0.717) is 0 Å². The SMILES string of the molecule is CN[C@H](C(=O)N[C@@H](C)C(C)=O)C(C)C. The van der Waals surface area contributed by atoms with Crippen molar-refractivity contribution in [2.75, 3.05) is 7.05 Å². The number of likely N-dealkylation sites (N-methyl/N-ethyl adjacent to an activating group) is 1. The highest BCUT2D eigenvalue weighted by Crippen LogP contribution is 2.01. The molecule has 0 fully saturated rings. The molecule has 4 nitrogen and oxygen atoms in total. The van der Waals surface area contributed by atoms with Crippen LogP contribution in [-0.4, -0.2) is 30.8 Å². The standard InChI is InChI=1S/C10H20N2O2/c1-6(2)9(11-5)10(14)12-7(3)8(4)13/h6-7,9,11H,1-5H3,(H,12,14)/t7-,9-/m0/s1. The van der Waals surface area contributed by atoms with Gasteiger partial charge in [0, 0.05) is 0 Å². The Labute approximate surface area is 85.4 Å². The fourth-order valence-corrected chi connectivity index (χ4v) is 1.17. The molecule has 0 aliphatic rings. The van der Waals surface area contributed by atoms with Gasteiger partial charge in [-0.1, -0.05) is 13.8 Å². The number of hydrogen-bond acceptors (Lipinski definition) is 3. The van der Waals surface area contributed by atoms with Crippen molar-refractivity contribution in [3.05, 3.63) is 0 Å². The Morgan fingerprint density at radius 2 is 1.64 bits per heavy atom. The van der Waals surface area contributed by atoms with Crippen LogP contribution in [0.25, 0.3) is 0 Å². The van der Waals surface area contributed by atoms with E-state index >= 15 is 0 Å². The van der Waals surface area contributed by atoms with Gasteiger partial charge in [-0.15, -0.1) is 0 Å². The molecular formula is C10H20N2O2. The summed E-state index contributed by atoms with van der Waals surface area (Å²) >= 11 is 0. The largest absolute Gasteiger partial charge is 0.345 e. The molecule has 0 aromatic carbocycles. The topological polar surface area (TPSA) is 58.2 Å². The summed E-state index contributed by atoms with van der Waals surface area (Å²) in [7, 11) is 1.74. The Kier molecular flexibility index (Phi) is 5.38. The molecule has 0 rings (SSSR count). The van der Waals surface area contributed by atoms with Gasteiger partial charge < -0.3 is 10.6 Å². The Bertz CT molecular complexity index is 214. The predicted molar refractivity (Wildman–Crippen MR) is 56.0 cm³/mol. The number of amides is 1. The quantitative estimate of drug-likeness (QED) is 0.672. The molecule has 0 spiro atoms. The van der Waals surface area contributed by atoms with Crippen LogP contribution in [0.15, 0.2) is 0 Å². The zero-order chi connectivity index (χ0) is 11.3. The molecule has 0 radical (unpaired) electrons. The fraction of sp³-hybridized carbons (Fsp3) is 0.800. The van der Waals surface area contributed by atoms with Gasteiger partial charge in [-0.25, -0.2) is 0 Å². The molecule has 82 valence electrons. The van der Waals surface area contributed by atoms with Crippen molar-refractivity contribution in [3.8, 4) is 0 Å². The van der Waals surface area contributed by atoms with E-state index in [9.17, 15) is 9.59 Å². The van der Waals surface area contributed by atoms with Gasteiger partial charge >= 0.3 is 0 Å². The smallest absolute Gasteiger partial charge is 0.237 e. The zero-order valence-corrected chi connectivity index (χ0v) is 9.55. The van der Waals surface area contributed by atoms with Crippen molar-refractivity contribution < 1.29 is 9.59 Å². The average Bonchev–Trinajstić information content (AvgIpc) is 2.04. The lowest BCUT2D eigenvalue weighted by atomic mass is 10.0. The maximum atomic E-state index is 11.6. The maximum Gasteiger partial charge on any atom is 0.237 e. The highest BCUT2D eigenvalue weighted by atomic mass is 16.2. The van der Waals surface area contributed by atoms with E-state index in [0.717, 1.165) is 0 Å². The van der Waals surface area contributed by atoms with E-state index in [1.807, 2.05) is 13.8 Å². The molecule has 0 aromatic heterocycles. The molecule has 1 amide bonds. The van der Waals surface area contributed by atoms with Crippen LogP contribution in [0.3, 0.4) is 0 Å². The molecule has 0 heterocycles. The molecule has 2 N–H and O–H groups in total. The highest BCUT2D eigenvalue weighted by Gasteiger charge is 2.22. The van der Waals surface area contributed by atoms with Crippen molar-refractivity contribution in [2.24, 2.45) is 5.92 Å². The van der Waals surface area contributed by atoms with Crippen molar-refractivity contribution >= 4 is 11.7 Å². The Hall–Kier alpha value is -0.900. The van der Waals surface area contributed by atoms with Crippen molar-refractivity contribution in [2.45, 2.75) is 39.8 Å². The molecule has 0 unspecified atom stereocenters. The number of Topliss-reactive ketones (excluding diaryl/α,β-unsaturated/α-hetero) is 1. The third-order valence-corrected chi connectivity index (χ3v) is 2.23. The number of carbonyl (C=O) groups is 2. The van der Waals surface area contributed by atoms with Crippen molar-refractivity contribution in [3.63, 3.8) is 0 Å². The summed E-state index contributed by atoms with van der Waals surface area (Å²) in [4.78, 5) is 22.5. The first-order chi connectivity index (χ1) is 6.40. The van der Waals surface area contributed by atoms with Gasteiger partial charge in [-0.05, 0) is 26.8 Å². The highest BCUT2D eigenvalue weighted by molar-refractivity contribution is 5.89. The lowest BCUT2D eigenvalue weighted by Gasteiger charge is -2.21. The Morgan fingerprint density at radius 1 is 1.14 bits per heavy atom. The molecule has 0 saturated carbocycles. The molecule has 0 saturated heterocycles. The Balaban J connectivity index is 4.24. The van der Waals surface area contributed by atoms with Gasteiger partial charge in [0.05, 0.1) is 12.1 Å². The molecular weight excluding hydrogens is 180 g/mol. The van der Waals surface area contributed by atoms with Gasteiger partial charge in [0.1, 0.15) is 0 Å². The average molecular weight is 200 g/mol. The molecule has 14 heavy (non-hydrogen) atoms. The third-order valence-electron chi connectivity index (χ3n) is 2.23. The first kappa shape index (κ1) is 13.1. The third kappa shape index (κ3) is 3.87. The second-order valence-electron chi connectivity index (χ2n) is 3.85. The van der Waals surface area contributed by atoms with E-state index in [4.69, 9.17) is 0 Å². The monoisotopic (exact) mass is 200 g/mol. The number of rotatable bonds is 5. The zero-order valence-electron chi connectivity index (χ0n) is 9.55. The molecule has 0 aromatic rings. The maximum absolute atomic E-state index is 11.6. The second kappa shape index (κ2) is 5.75. The van der Waals surface area contributed by atoms with Crippen LogP contribution in [-0.2, 0) is 9.59 Å². The molecule has 0 aliphatic heterocycles. The normalized spacial score (nSPS) is 15.0. The van der Waals surface area contributed by atoms with Crippen LogP contribution in [0.5, 0.6) is 0 Å². The molecule has 4 heteroatoms. The van der Waals surface area contributed by atoms with Crippen LogP contribution in [0.1, 0.15) is 27.7 Å². The van der Waals surface area contributed by atoms with Crippen molar-refractivity contribution in [1.29, 1.82) is 0 Å². The van der Waals surface area contributed by atoms with Crippen LogP contribution < -0.4 is 10.6 Å². The van der Waals surface area contributed by atoms with E-state index < -0.39 is 6.04 Å². The van der Waals surface area contributed by atoms with Crippen molar-refractivity contribution in [1.82, 2.24) is 10.6 Å². The van der Waals surface area contributed by atoms with Gasteiger partial charge in [-0.2, -0.15) is 0 Å². The summed E-state index contributed by atoms with van der Waals surface area (Å²) < 4.78 is 0. The lowest BCUT2D eigenvalue weighted by Crippen LogP contribution is -2.50. The minimum Gasteiger partial charge on any atom is -0.345 e. The minimum absolute atomic E-state index is 0.0306. The summed E-state index contributed by atoms with van der Waals surface area (Å²) in [6.07, 6.45) is 0. The van der Waals surface area contributed by atoms with Gasteiger partial charge in [-0.3, -0.25) is 9.59 Å². The molecule has 2 atom stereocenters. The van der Waals surface area contributed by atoms with Crippen LogP contribution in [0.2, 0.25) is 0 Å². The molecule has 0 aliphatic carbocycles. The fourth-order valence-electron chi connectivity index (χ4n) is 1.17. The summed E-state index contributed by atoms with van der Waals surface area (Å²) in [5, 5.41) is 5.58. The number of ketones is 1. The summed E-state index contributed by atoms with van der Waals surface area (Å²) in [6.45, 7) is 7.07. The van der Waals surface area contributed by atoms with E-state index in [1.165, 1.54) is 6.92 Å². The van der Waals surface area contributed by atoms with Crippen LogP contribution >= 0.6 is 0 Å². The lowest BCUT2D eigenvalue weighted by molar-refractivity contribution is -0.128. The van der Waals surface area contributed by atoms with Gasteiger partial charge in [0.15, 0.2) is 5.78 Å². The van der Waals surface area contributed by atoms with E-state index in [-0.39, 0.29) is 23.7 Å². The molecule has 0 bridgehead atoms. The summed E-state index contributed by atoms with van der Waals surface area (Å²) in [5.41, 5.74) is 0. The number of nitrogens with one attached hydrogen (secondary N) is 2. The van der Waals surface area contributed by atoms with E-state index in [2.05, 4.69) is 10.6 Å². The van der Waals surface area contributed by atoms with Crippen LogP contribution in [0.4, 0.5) is 0 Å². The first-order valence-electron chi connectivity index (χ1n) is 4.88. The first-order valence-corrected chi connectivity index (χ1v) is 4.88. The minimum atomic E-state index is -0.405.